The Bertz CT molecular complexity index is 391. The smallest absolute Gasteiger partial charge is 0.273 e. The summed E-state index contributed by atoms with van der Waals surface area (Å²) in [7, 11) is 0. The fourth-order valence-corrected chi connectivity index (χ4v) is 3.00. The molecule has 1 amide bonds. The Morgan fingerprint density at radius 2 is 2.24 bits per heavy atom. The van der Waals surface area contributed by atoms with Crippen LogP contribution in [-0.4, -0.2) is 40.4 Å². The Labute approximate surface area is 99.6 Å². The lowest BCUT2D eigenvalue weighted by Gasteiger charge is -2.31. The number of nitrogens with zero attached hydrogens (tertiary/aromatic N) is 2. The van der Waals surface area contributed by atoms with Crippen LogP contribution in [0.5, 0.6) is 0 Å². The summed E-state index contributed by atoms with van der Waals surface area (Å²) in [5.74, 6) is 1.43. The lowest BCUT2D eigenvalue weighted by molar-refractivity contribution is 0.0908. The standard InChI is InChI=1S/C11H17N5O/c17-11(10-6-13-16-15-10)14-9-2-1-7-4-12-5-8(7)3-9/h6-9,12H,1-5H2,(H,14,17)(H,13,15,16)/t7-,8+,9?/m0/s1. The van der Waals surface area contributed by atoms with Crippen LogP contribution in [0.1, 0.15) is 29.8 Å². The molecule has 1 aromatic rings. The molecule has 17 heavy (non-hydrogen) atoms. The third kappa shape index (κ3) is 2.17. The van der Waals surface area contributed by atoms with Gasteiger partial charge in [0.25, 0.3) is 5.91 Å². The van der Waals surface area contributed by atoms with E-state index >= 15 is 0 Å². The molecule has 2 fully saturated rings. The second kappa shape index (κ2) is 4.44. The molecule has 1 aliphatic heterocycles. The van der Waals surface area contributed by atoms with E-state index in [0.29, 0.717) is 11.7 Å². The predicted octanol–water partition coefficient (Wildman–Crippen LogP) is -0.0774. The topological polar surface area (TPSA) is 82.7 Å². The van der Waals surface area contributed by atoms with Crippen LogP contribution in [-0.2, 0) is 0 Å². The Morgan fingerprint density at radius 1 is 1.35 bits per heavy atom. The van der Waals surface area contributed by atoms with Crippen molar-refractivity contribution in [2.45, 2.75) is 25.3 Å². The van der Waals surface area contributed by atoms with E-state index in [4.69, 9.17) is 0 Å². The highest BCUT2D eigenvalue weighted by atomic mass is 16.2. The van der Waals surface area contributed by atoms with Crippen molar-refractivity contribution in [2.24, 2.45) is 11.8 Å². The van der Waals surface area contributed by atoms with E-state index in [2.05, 4.69) is 26.0 Å². The minimum atomic E-state index is -0.117. The summed E-state index contributed by atoms with van der Waals surface area (Å²) in [5.41, 5.74) is 0.372. The number of nitrogens with one attached hydrogen (secondary N) is 3. The number of aromatic nitrogens is 3. The van der Waals surface area contributed by atoms with Gasteiger partial charge in [-0.1, -0.05) is 0 Å². The first-order valence-corrected chi connectivity index (χ1v) is 6.20. The predicted molar refractivity (Wildman–Crippen MR) is 61.3 cm³/mol. The van der Waals surface area contributed by atoms with Crippen LogP contribution in [0, 0.1) is 11.8 Å². The number of hydrogen-bond donors (Lipinski definition) is 3. The molecule has 2 heterocycles. The number of aromatic amines is 1. The summed E-state index contributed by atoms with van der Waals surface area (Å²) < 4.78 is 0. The van der Waals surface area contributed by atoms with E-state index in [-0.39, 0.29) is 5.91 Å². The summed E-state index contributed by atoms with van der Waals surface area (Å²) >= 11 is 0. The summed E-state index contributed by atoms with van der Waals surface area (Å²) in [6.45, 7) is 2.25. The van der Waals surface area contributed by atoms with Gasteiger partial charge in [-0.15, -0.1) is 0 Å². The molecule has 1 saturated heterocycles. The molecule has 1 aromatic heterocycles. The third-order valence-corrected chi connectivity index (χ3v) is 3.94. The molecular formula is C11H17N5O. The minimum Gasteiger partial charge on any atom is -0.348 e. The number of rotatable bonds is 2. The van der Waals surface area contributed by atoms with E-state index < -0.39 is 0 Å². The zero-order valence-electron chi connectivity index (χ0n) is 9.65. The van der Waals surface area contributed by atoms with E-state index in [1.54, 1.807) is 0 Å². The number of H-pyrrole nitrogens is 1. The monoisotopic (exact) mass is 235 g/mol. The van der Waals surface area contributed by atoms with Gasteiger partial charge in [-0.3, -0.25) is 4.79 Å². The van der Waals surface area contributed by atoms with Gasteiger partial charge in [0.05, 0.1) is 6.20 Å². The molecule has 6 nitrogen and oxygen atoms in total. The van der Waals surface area contributed by atoms with Crippen molar-refractivity contribution in [2.75, 3.05) is 13.1 Å². The third-order valence-electron chi connectivity index (χ3n) is 3.94. The van der Waals surface area contributed by atoms with Crippen LogP contribution in [0.2, 0.25) is 0 Å². The molecule has 3 rings (SSSR count). The molecule has 0 bridgehead atoms. The molecule has 0 spiro atoms. The Morgan fingerprint density at radius 3 is 3.06 bits per heavy atom. The van der Waals surface area contributed by atoms with Gasteiger partial charge in [0.1, 0.15) is 0 Å². The zero-order chi connectivity index (χ0) is 11.7. The van der Waals surface area contributed by atoms with E-state index in [1.165, 1.54) is 12.6 Å². The summed E-state index contributed by atoms with van der Waals surface area (Å²) in [5, 5.41) is 16.4. The lowest BCUT2D eigenvalue weighted by Crippen LogP contribution is -2.40. The molecule has 92 valence electrons. The van der Waals surface area contributed by atoms with E-state index in [9.17, 15) is 4.79 Å². The average molecular weight is 235 g/mol. The number of amides is 1. The number of carbonyl (C=O) groups is 1. The van der Waals surface area contributed by atoms with Gasteiger partial charge in [-0.25, -0.2) is 0 Å². The van der Waals surface area contributed by atoms with E-state index in [0.717, 1.165) is 37.8 Å². The van der Waals surface area contributed by atoms with Crippen molar-refractivity contribution in [1.29, 1.82) is 0 Å². The number of hydrogen-bond acceptors (Lipinski definition) is 4. The highest BCUT2D eigenvalue weighted by Gasteiger charge is 2.34. The average Bonchev–Trinajstić information content (AvgIpc) is 2.99. The first kappa shape index (κ1) is 10.7. The second-order valence-corrected chi connectivity index (χ2v) is 5.02. The van der Waals surface area contributed by atoms with Gasteiger partial charge in [0.2, 0.25) is 0 Å². The Kier molecular flexibility index (Phi) is 2.80. The van der Waals surface area contributed by atoms with Crippen molar-refractivity contribution in [1.82, 2.24) is 26.0 Å². The SMILES string of the molecule is O=C(NC1CC[C@H]2CNC[C@H]2C1)c1cn[nH]n1. The summed E-state index contributed by atoms with van der Waals surface area (Å²) in [6.07, 6.45) is 4.83. The maximum absolute atomic E-state index is 11.8. The van der Waals surface area contributed by atoms with Crippen LogP contribution in [0.4, 0.5) is 0 Å². The van der Waals surface area contributed by atoms with Crippen molar-refractivity contribution >= 4 is 5.91 Å². The van der Waals surface area contributed by atoms with Gasteiger partial charge in [-0.2, -0.15) is 15.4 Å². The van der Waals surface area contributed by atoms with Gasteiger partial charge in [0, 0.05) is 6.04 Å². The summed E-state index contributed by atoms with van der Waals surface area (Å²) in [6, 6.07) is 0.292. The molecule has 2 aliphatic rings. The Hall–Kier alpha value is -1.43. The molecule has 3 atom stereocenters. The molecule has 6 heteroatoms. The number of fused-ring (bicyclic) bond motifs is 1. The molecule has 0 aromatic carbocycles. The van der Waals surface area contributed by atoms with Crippen LogP contribution >= 0.6 is 0 Å². The van der Waals surface area contributed by atoms with Crippen LogP contribution in [0.15, 0.2) is 6.20 Å². The van der Waals surface area contributed by atoms with Gasteiger partial charge >= 0.3 is 0 Å². The number of carbonyl (C=O) groups excluding carboxylic acids is 1. The van der Waals surface area contributed by atoms with E-state index in [1.807, 2.05) is 0 Å². The molecular weight excluding hydrogens is 218 g/mol. The first-order chi connectivity index (χ1) is 8.33. The molecule has 3 N–H and O–H groups in total. The highest BCUT2D eigenvalue weighted by molar-refractivity contribution is 5.91. The fraction of sp³-hybridized carbons (Fsp3) is 0.727. The maximum Gasteiger partial charge on any atom is 0.273 e. The summed E-state index contributed by atoms with van der Waals surface area (Å²) in [4.78, 5) is 11.8. The van der Waals surface area contributed by atoms with Gasteiger partial charge in [-0.05, 0) is 44.2 Å². The normalized spacial score (nSPS) is 32.1. The van der Waals surface area contributed by atoms with Crippen LogP contribution < -0.4 is 10.6 Å². The van der Waals surface area contributed by atoms with Crippen LogP contribution in [0.25, 0.3) is 0 Å². The largest absolute Gasteiger partial charge is 0.348 e. The molecule has 1 saturated carbocycles. The lowest BCUT2D eigenvalue weighted by atomic mass is 9.79. The first-order valence-electron chi connectivity index (χ1n) is 6.20. The zero-order valence-corrected chi connectivity index (χ0v) is 9.65. The second-order valence-electron chi connectivity index (χ2n) is 5.02. The fourth-order valence-electron chi connectivity index (χ4n) is 3.00. The quantitative estimate of drug-likeness (QED) is 0.669. The molecule has 1 unspecified atom stereocenters. The van der Waals surface area contributed by atoms with Crippen LogP contribution in [0.3, 0.4) is 0 Å². The van der Waals surface area contributed by atoms with Crippen molar-refractivity contribution in [3.8, 4) is 0 Å². The maximum atomic E-state index is 11.8. The Balaban J connectivity index is 1.57. The molecule has 0 radical (unpaired) electrons. The highest BCUT2D eigenvalue weighted by Crippen LogP contribution is 2.32. The van der Waals surface area contributed by atoms with Crippen molar-refractivity contribution < 1.29 is 4.79 Å². The van der Waals surface area contributed by atoms with Crippen molar-refractivity contribution in [3.63, 3.8) is 0 Å². The van der Waals surface area contributed by atoms with Gasteiger partial charge < -0.3 is 10.6 Å². The minimum absolute atomic E-state index is 0.117. The molecule has 1 aliphatic carbocycles. The van der Waals surface area contributed by atoms with Crippen molar-refractivity contribution in [3.05, 3.63) is 11.9 Å². The van der Waals surface area contributed by atoms with Gasteiger partial charge in [0.15, 0.2) is 5.69 Å².